The van der Waals surface area contributed by atoms with Gasteiger partial charge in [0.15, 0.2) is 0 Å². The Morgan fingerprint density at radius 1 is 0.875 bits per heavy atom. The molecule has 4 heteroatoms. The van der Waals surface area contributed by atoms with E-state index in [1.165, 1.54) is 83.6 Å². The maximum absolute atomic E-state index is 10.7. The summed E-state index contributed by atoms with van der Waals surface area (Å²) in [4.78, 5) is 13.2. The third kappa shape index (κ3) is 11.7. The average Bonchev–Trinajstić information content (AvgIpc) is 2.57. The van der Waals surface area contributed by atoms with Gasteiger partial charge in [-0.05, 0) is 25.8 Å². The molecule has 0 spiro atoms. The van der Waals surface area contributed by atoms with E-state index in [1.807, 2.05) is 0 Å². The summed E-state index contributed by atoms with van der Waals surface area (Å²) in [6, 6.07) is 0. The van der Waals surface area contributed by atoms with Crippen molar-refractivity contribution in [1.29, 1.82) is 0 Å². The van der Waals surface area contributed by atoms with Crippen LogP contribution in [-0.2, 0) is 4.74 Å². The fraction of sp³-hybridized carbons (Fsp3) is 0.950. The fourth-order valence-electron chi connectivity index (χ4n) is 3.59. The Morgan fingerprint density at radius 3 is 1.79 bits per heavy atom. The van der Waals surface area contributed by atoms with Crippen molar-refractivity contribution in [2.45, 2.75) is 103 Å². The Morgan fingerprint density at radius 2 is 1.33 bits per heavy atom. The molecule has 0 saturated carbocycles. The summed E-state index contributed by atoms with van der Waals surface area (Å²) < 4.78 is 5.07. The standard InChI is InChI=1S/C20H40N2O2/c1-2-3-4-5-6-7-8-9-10-11-12-13-16-22-17-14-19(15-18-22)24-20(21)23/h19H,2-18H2,1H3,(H2,21,23). The first-order valence-electron chi connectivity index (χ1n) is 10.4. The number of primary amides is 1. The summed E-state index contributed by atoms with van der Waals surface area (Å²) in [6.45, 7) is 5.55. The lowest BCUT2D eigenvalue weighted by Crippen LogP contribution is -2.39. The van der Waals surface area contributed by atoms with Gasteiger partial charge in [0.1, 0.15) is 6.10 Å². The minimum atomic E-state index is -0.630. The first-order valence-corrected chi connectivity index (χ1v) is 10.4. The fourth-order valence-corrected chi connectivity index (χ4v) is 3.59. The molecule has 2 N–H and O–H groups in total. The van der Waals surface area contributed by atoms with Gasteiger partial charge in [-0.3, -0.25) is 0 Å². The Hall–Kier alpha value is -0.770. The lowest BCUT2D eigenvalue weighted by Gasteiger charge is -2.31. The number of amides is 1. The number of carbonyl (C=O) groups excluding carboxylic acids is 1. The van der Waals surface area contributed by atoms with E-state index in [2.05, 4.69) is 11.8 Å². The van der Waals surface area contributed by atoms with Crippen LogP contribution in [0.15, 0.2) is 0 Å². The quantitative estimate of drug-likeness (QED) is 0.439. The number of likely N-dealkylation sites (tertiary alicyclic amines) is 1. The Kier molecular flexibility index (Phi) is 12.9. The molecule has 4 nitrogen and oxygen atoms in total. The molecule has 0 radical (unpaired) electrons. The van der Waals surface area contributed by atoms with Crippen molar-refractivity contribution in [3.8, 4) is 0 Å². The third-order valence-electron chi connectivity index (χ3n) is 5.15. The van der Waals surface area contributed by atoms with E-state index < -0.39 is 6.09 Å². The van der Waals surface area contributed by atoms with Crippen LogP contribution in [0.5, 0.6) is 0 Å². The van der Waals surface area contributed by atoms with E-state index in [0.717, 1.165) is 25.9 Å². The molecule has 0 atom stereocenters. The SMILES string of the molecule is CCCCCCCCCCCCCCN1CCC(OC(N)=O)CC1. The monoisotopic (exact) mass is 340 g/mol. The zero-order valence-corrected chi connectivity index (χ0v) is 15.9. The second-order valence-electron chi connectivity index (χ2n) is 7.37. The second-order valence-corrected chi connectivity index (χ2v) is 7.37. The Labute approximate surface area is 149 Å². The van der Waals surface area contributed by atoms with E-state index in [0.29, 0.717) is 0 Å². The first kappa shape index (κ1) is 21.3. The maximum atomic E-state index is 10.7. The van der Waals surface area contributed by atoms with E-state index in [-0.39, 0.29) is 6.10 Å². The van der Waals surface area contributed by atoms with Crippen LogP contribution in [0.25, 0.3) is 0 Å². The van der Waals surface area contributed by atoms with Crippen molar-refractivity contribution < 1.29 is 9.53 Å². The first-order chi connectivity index (χ1) is 11.7. The van der Waals surface area contributed by atoms with Crippen LogP contribution in [0, 0.1) is 0 Å². The largest absolute Gasteiger partial charge is 0.446 e. The molecular formula is C20H40N2O2. The smallest absolute Gasteiger partial charge is 0.404 e. The summed E-state index contributed by atoms with van der Waals surface area (Å²) in [5.41, 5.74) is 5.07. The number of ether oxygens (including phenoxy) is 1. The number of hydrogen-bond donors (Lipinski definition) is 1. The molecule has 1 saturated heterocycles. The highest BCUT2D eigenvalue weighted by Gasteiger charge is 2.20. The molecule has 24 heavy (non-hydrogen) atoms. The third-order valence-corrected chi connectivity index (χ3v) is 5.15. The van der Waals surface area contributed by atoms with Crippen LogP contribution in [0.2, 0.25) is 0 Å². The molecule has 0 aliphatic carbocycles. The highest BCUT2D eigenvalue weighted by atomic mass is 16.6. The summed E-state index contributed by atoms with van der Waals surface area (Å²) in [6.07, 6.45) is 18.1. The van der Waals surface area contributed by atoms with Gasteiger partial charge in [-0.25, -0.2) is 4.79 Å². The van der Waals surface area contributed by atoms with E-state index in [4.69, 9.17) is 10.5 Å². The lowest BCUT2D eigenvalue weighted by atomic mass is 10.0. The molecule has 1 amide bonds. The summed E-state index contributed by atoms with van der Waals surface area (Å²) >= 11 is 0. The normalized spacial score (nSPS) is 16.4. The van der Waals surface area contributed by atoms with Crippen molar-refractivity contribution in [3.05, 3.63) is 0 Å². The van der Waals surface area contributed by atoms with Crippen molar-refractivity contribution in [3.63, 3.8) is 0 Å². The molecule has 0 aromatic heterocycles. The molecule has 0 aromatic rings. The van der Waals surface area contributed by atoms with Crippen LogP contribution in [0.1, 0.15) is 96.8 Å². The lowest BCUT2D eigenvalue weighted by molar-refractivity contribution is 0.0558. The highest BCUT2D eigenvalue weighted by Crippen LogP contribution is 2.15. The van der Waals surface area contributed by atoms with Gasteiger partial charge in [0.25, 0.3) is 0 Å². The molecule has 1 rings (SSSR count). The molecule has 0 bridgehead atoms. The van der Waals surface area contributed by atoms with Gasteiger partial charge in [0, 0.05) is 13.1 Å². The minimum absolute atomic E-state index is 0.0423. The van der Waals surface area contributed by atoms with Crippen molar-refractivity contribution in [1.82, 2.24) is 4.90 Å². The van der Waals surface area contributed by atoms with E-state index in [1.54, 1.807) is 0 Å². The van der Waals surface area contributed by atoms with E-state index in [9.17, 15) is 4.79 Å². The Balaban J connectivity index is 1.80. The van der Waals surface area contributed by atoms with Crippen LogP contribution >= 0.6 is 0 Å². The molecule has 1 aliphatic rings. The summed E-state index contributed by atoms with van der Waals surface area (Å²) in [5, 5.41) is 0. The molecular weight excluding hydrogens is 300 g/mol. The summed E-state index contributed by atoms with van der Waals surface area (Å²) in [5.74, 6) is 0. The van der Waals surface area contributed by atoms with Crippen molar-refractivity contribution in [2.75, 3.05) is 19.6 Å². The van der Waals surface area contributed by atoms with Gasteiger partial charge in [0.05, 0.1) is 0 Å². The van der Waals surface area contributed by atoms with Gasteiger partial charge >= 0.3 is 6.09 Å². The van der Waals surface area contributed by atoms with Gasteiger partial charge in [-0.2, -0.15) is 0 Å². The number of nitrogens with zero attached hydrogens (tertiary/aromatic N) is 1. The number of hydrogen-bond acceptors (Lipinski definition) is 3. The van der Waals surface area contributed by atoms with Crippen LogP contribution < -0.4 is 5.73 Å². The van der Waals surface area contributed by atoms with Gasteiger partial charge < -0.3 is 15.4 Å². The topological polar surface area (TPSA) is 55.6 Å². The highest BCUT2D eigenvalue weighted by molar-refractivity contribution is 5.64. The van der Waals surface area contributed by atoms with Crippen molar-refractivity contribution in [2.24, 2.45) is 5.73 Å². The number of nitrogens with two attached hydrogens (primary N) is 1. The predicted octanol–water partition coefficient (Wildman–Crippen LogP) is 5.25. The van der Waals surface area contributed by atoms with Gasteiger partial charge in [0.2, 0.25) is 0 Å². The predicted molar refractivity (Wildman–Crippen MR) is 101 cm³/mol. The average molecular weight is 341 g/mol. The molecule has 0 aromatic carbocycles. The maximum Gasteiger partial charge on any atom is 0.404 e. The zero-order chi connectivity index (χ0) is 17.5. The molecule has 1 fully saturated rings. The molecule has 1 heterocycles. The van der Waals surface area contributed by atoms with E-state index >= 15 is 0 Å². The van der Waals surface area contributed by atoms with Crippen LogP contribution in [-0.4, -0.2) is 36.7 Å². The number of carbonyl (C=O) groups is 1. The molecule has 0 unspecified atom stereocenters. The number of rotatable bonds is 14. The number of piperidine rings is 1. The second kappa shape index (κ2) is 14.6. The van der Waals surface area contributed by atoms with Crippen LogP contribution in [0.4, 0.5) is 4.79 Å². The van der Waals surface area contributed by atoms with Gasteiger partial charge in [-0.1, -0.05) is 77.6 Å². The number of unbranched alkanes of at least 4 members (excludes halogenated alkanes) is 11. The zero-order valence-electron chi connectivity index (χ0n) is 15.9. The van der Waals surface area contributed by atoms with Crippen LogP contribution in [0.3, 0.4) is 0 Å². The molecule has 1 aliphatic heterocycles. The van der Waals surface area contributed by atoms with Gasteiger partial charge in [-0.15, -0.1) is 0 Å². The Bertz CT molecular complexity index is 302. The van der Waals surface area contributed by atoms with Crippen molar-refractivity contribution >= 4 is 6.09 Å². The molecule has 142 valence electrons. The minimum Gasteiger partial charge on any atom is -0.446 e. The summed E-state index contributed by atoms with van der Waals surface area (Å²) in [7, 11) is 0.